The van der Waals surface area contributed by atoms with E-state index in [1.54, 1.807) is 0 Å². The van der Waals surface area contributed by atoms with E-state index in [4.69, 9.17) is 0 Å². The van der Waals surface area contributed by atoms with Crippen molar-refractivity contribution in [1.82, 2.24) is 30.1 Å². The molecule has 0 fully saturated rings. The van der Waals surface area contributed by atoms with Crippen LogP contribution in [0, 0.1) is 12.8 Å². The van der Waals surface area contributed by atoms with Gasteiger partial charge in [0.25, 0.3) is 5.56 Å². The lowest BCUT2D eigenvalue weighted by atomic mass is 10.00. The summed E-state index contributed by atoms with van der Waals surface area (Å²) in [5, 5.41) is 23.3. The highest BCUT2D eigenvalue weighted by atomic mass is 16.3. The number of rotatable bonds is 11. The quantitative estimate of drug-likeness (QED) is 0.344. The summed E-state index contributed by atoms with van der Waals surface area (Å²) in [5.41, 5.74) is 3.79. The number of H-pyrrole nitrogens is 1. The highest BCUT2D eigenvalue weighted by molar-refractivity contribution is 5.79. The number of tetrazole rings is 1. The summed E-state index contributed by atoms with van der Waals surface area (Å²) in [4.78, 5) is 18.2. The molecule has 4 rings (SSSR count). The minimum atomic E-state index is -0.111. The number of aryl methyl sites for hydroxylation is 3. The Morgan fingerprint density at radius 3 is 2.66 bits per heavy atom. The van der Waals surface area contributed by atoms with E-state index in [-0.39, 0.29) is 24.1 Å². The summed E-state index contributed by atoms with van der Waals surface area (Å²) >= 11 is 0. The molecule has 8 nitrogen and oxygen atoms in total. The lowest BCUT2D eigenvalue weighted by Gasteiger charge is -2.33. The molecule has 2 N–H and O–H groups in total. The summed E-state index contributed by atoms with van der Waals surface area (Å²) in [5.74, 6) is 0.971. The third kappa shape index (κ3) is 6.01. The molecular formula is C27H34N6O2. The minimum Gasteiger partial charge on any atom is -0.396 e. The standard InChI is InChI=1S/C27H34N6O2/c1-19(2)25(26-29-30-31-33(26)14-12-21-8-5-4-6-9-21)32(13-7-15-34)18-23-17-22-16-20(3)10-11-24(22)28-27(23)35/h4-6,8-11,16-17,19,25,34H,7,12-15,18H2,1-3H3,(H,28,35)/t25-/m1/s1. The van der Waals surface area contributed by atoms with Crippen LogP contribution < -0.4 is 5.56 Å². The first-order chi connectivity index (χ1) is 17.0. The Hall–Kier alpha value is -3.36. The van der Waals surface area contributed by atoms with Crippen LogP contribution in [0.25, 0.3) is 10.9 Å². The van der Waals surface area contributed by atoms with Gasteiger partial charge in [0.05, 0.1) is 6.04 Å². The van der Waals surface area contributed by atoms with Gasteiger partial charge in [0.1, 0.15) is 0 Å². The van der Waals surface area contributed by atoms with Crippen molar-refractivity contribution in [3.8, 4) is 0 Å². The third-order valence-electron chi connectivity index (χ3n) is 6.36. The predicted molar refractivity (Wildman–Crippen MR) is 137 cm³/mol. The Labute approximate surface area is 205 Å². The molecule has 2 aromatic heterocycles. The number of nitrogens with one attached hydrogen (secondary N) is 1. The Balaban J connectivity index is 1.64. The molecule has 8 heteroatoms. The Kier molecular flexibility index (Phi) is 8.05. The number of hydrogen-bond donors (Lipinski definition) is 2. The molecule has 4 aromatic rings. The second-order valence-corrected chi connectivity index (χ2v) is 9.45. The van der Waals surface area contributed by atoms with Crippen LogP contribution in [-0.4, -0.2) is 48.3 Å². The number of aromatic nitrogens is 5. The van der Waals surface area contributed by atoms with Gasteiger partial charge >= 0.3 is 0 Å². The van der Waals surface area contributed by atoms with Gasteiger partial charge in [0, 0.05) is 37.3 Å². The van der Waals surface area contributed by atoms with E-state index < -0.39 is 0 Å². The van der Waals surface area contributed by atoms with E-state index in [2.05, 4.69) is 57.5 Å². The smallest absolute Gasteiger partial charge is 0.252 e. The Morgan fingerprint density at radius 2 is 1.91 bits per heavy atom. The van der Waals surface area contributed by atoms with Crippen LogP contribution in [-0.2, 0) is 19.5 Å². The number of aromatic amines is 1. The van der Waals surface area contributed by atoms with E-state index >= 15 is 0 Å². The van der Waals surface area contributed by atoms with Crippen molar-refractivity contribution in [3.05, 3.63) is 87.5 Å². The Bertz CT molecular complexity index is 1300. The average Bonchev–Trinajstić information content (AvgIpc) is 3.30. The molecule has 35 heavy (non-hydrogen) atoms. The third-order valence-corrected chi connectivity index (χ3v) is 6.36. The van der Waals surface area contributed by atoms with Crippen LogP contribution in [0.3, 0.4) is 0 Å². The molecule has 0 radical (unpaired) electrons. The number of pyridine rings is 1. The molecule has 0 bridgehead atoms. The minimum absolute atomic E-state index is 0.0769. The zero-order valence-electron chi connectivity index (χ0n) is 20.7. The second-order valence-electron chi connectivity index (χ2n) is 9.45. The number of fused-ring (bicyclic) bond motifs is 1. The van der Waals surface area contributed by atoms with E-state index in [0.29, 0.717) is 31.6 Å². The summed E-state index contributed by atoms with van der Waals surface area (Å²) in [6, 6.07) is 18.2. The summed E-state index contributed by atoms with van der Waals surface area (Å²) in [6.45, 7) is 8.13. The second kappa shape index (κ2) is 11.4. The van der Waals surface area contributed by atoms with Gasteiger partial charge in [0.2, 0.25) is 0 Å². The van der Waals surface area contributed by atoms with Gasteiger partial charge in [-0.2, -0.15) is 0 Å². The molecule has 0 saturated carbocycles. The van der Waals surface area contributed by atoms with Crippen LogP contribution in [0.15, 0.2) is 59.4 Å². The number of aliphatic hydroxyl groups is 1. The van der Waals surface area contributed by atoms with Crippen molar-refractivity contribution < 1.29 is 5.11 Å². The maximum absolute atomic E-state index is 13.0. The predicted octanol–water partition coefficient (Wildman–Crippen LogP) is 3.65. The van der Waals surface area contributed by atoms with Crippen molar-refractivity contribution in [2.45, 2.75) is 52.7 Å². The molecule has 0 unspecified atom stereocenters. The van der Waals surface area contributed by atoms with Gasteiger partial charge in [0.15, 0.2) is 5.82 Å². The van der Waals surface area contributed by atoms with Gasteiger partial charge in [-0.15, -0.1) is 5.10 Å². The highest BCUT2D eigenvalue weighted by Crippen LogP contribution is 2.29. The first kappa shape index (κ1) is 24.8. The fourth-order valence-corrected chi connectivity index (χ4v) is 4.64. The number of aliphatic hydroxyl groups excluding tert-OH is 1. The first-order valence-electron chi connectivity index (χ1n) is 12.2. The molecule has 0 spiro atoms. The lowest BCUT2D eigenvalue weighted by Crippen LogP contribution is -2.36. The van der Waals surface area contributed by atoms with Crippen molar-refractivity contribution in [3.63, 3.8) is 0 Å². The van der Waals surface area contributed by atoms with Crippen LogP contribution in [0.5, 0.6) is 0 Å². The van der Waals surface area contributed by atoms with Crippen LogP contribution in [0.1, 0.15) is 48.8 Å². The van der Waals surface area contributed by atoms with Crippen molar-refractivity contribution in [1.29, 1.82) is 0 Å². The fraction of sp³-hybridized carbons (Fsp3) is 0.407. The van der Waals surface area contributed by atoms with Crippen molar-refractivity contribution >= 4 is 10.9 Å². The topological polar surface area (TPSA) is 99.9 Å². The maximum Gasteiger partial charge on any atom is 0.252 e. The molecular weight excluding hydrogens is 440 g/mol. The number of benzene rings is 2. The molecule has 2 aromatic carbocycles. The number of hydrogen-bond acceptors (Lipinski definition) is 6. The zero-order valence-corrected chi connectivity index (χ0v) is 20.7. The molecule has 184 valence electrons. The van der Waals surface area contributed by atoms with E-state index in [1.165, 1.54) is 5.56 Å². The number of nitrogens with zero attached hydrogens (tertiary/aromatic N) is 5. The normalized spacial score (nSPS) is 12.6. The van der Waals surface area contributed by atoms with E-state index in [0.717, 1.165) is 28.7 Å². The van der Waals surface area contributed by atoms with Crippen molar-refractivity contribution in [2.75, 3.05) is 13.2 Å². The lowest BCUT2D eigenvalue weighted by molar-refractivity contribution is 0.122. The molecule has 0 aliphatic rings. The Morgan fingerprint density at radius 1 is 1.11 bits per heavy atom. The van der Waals surface area contributed by atoms with Gasteiger partial charge in [-0.3, -0.25) is 9.69 Å². The van der Waals surface area contributed by atoms with Crippen LogP contribution in [0.4, 0.5) is 0 Å². The largest absolute Gasteiger partial charge is 0.396 e. The average molecular weight is 475 g/mol. The van der Waals surface area contributed by atoms with Crippen molar-refractivity contribution in [2.24, 2.45) is 5.92 Å². The van der Waals surface area contributed by atoms with Gasteiger partial charge in [-0.05, 0) is 65.3 Å². The molecule has 2 heterocycles. The molecule has 1 atom stereocenters. The van der Waals surface area contributed by atoms with Gasteiger partial charge in [-0.1, -0.05) is 55.8 Å². The summed E-state index contributed by atoms with van der Waals surface area (Å²) < 4.78 is 1.87. The first-order valence-corrected chi connectivity index (χ1v) is 12.2. The van der Waals surface area contributed by atoms with Gasteiger partial charge < -0.3 is 10.1 Å². The fourth-order valence-electron chi connectivity index (χ4n) is 4.64. The molecule has 0 aliphatic carbocycles. The van der Waals surface area contributed by atoms with Gasteiger partial charge in [-0.25, -0.2) is 4.68 Å². The summed E-state index contributed by atoms with van der Waals surface area (Å²) in [7, 11) is 0. The maximum atomic E-state index is 13.0. The summed E-state index contributed by atoms with van der Waals surface area (Å²) in [6.07, 6.45) is 1.42. The van der Waals surface area contributed by atoms with Crippen LogP contribution >= 0.6 is 0 Å². The van der Waals surface area contributed by atoms with Crippen LogP contribution in [0.2, 0.25) is 0 Å². The molecule has 0 saturated heterocycles. The van der Waals surface area contributed by atoms with E-state index in [9.17, 15) is 9.90 Å². The highest BCUT2D eigenvalue weighted by Gasteiger charge is 2.29. The SMILES string of the molecule is Cc1ccc2[nH]c(=O)c(CN(CCCO)[C@@H](c3nnnn3CCc3ccccc3)C(C)C)cc2c1. The monoisotopic (exact) mass is 474 g/mol. The zero-order chi connectivity index (χ0) is 24.8. The molecule has 0 aliphatic heterocycles. The van der Waals surface area contributed by atoms with E-state index in [1.807, 2.05) is 48.0 Å². The molecule has 0 amide bonds.